The lowest BCUT2D eigenvalue weighted by Gasteiger charge is -2.09. The number of hydrogen-bond donors (Lipinski definition) is 2. The first-order valence-electron chi connectivity index (χ1n) is 10.3. The Balaban J connectivity index is 1.72. The van der Waals surface area contributed by atoms with Crippen molar-refractivity contribution in [1.82, 2.24) is 25.6 Å². The fraction of sp³-hybridized carbons (Fsp3) is 0.524. The highest BCUT2D eigenvalue weighted by molar-refractivity contribution is 5.94. The molecule has 1 aromatic heterocycles. The van der Waals surface area contributed by atoms with Crippen LogP contribution >= 0.6 is 0 Å². The van der Waals surface area contributed by atoms with Crippen LogP contribution < -0.4 is 10.6 Å². The van der Waals surface area contributed by atoms with Crippen molar-refractivity contribution in [2.75, 3.05) is 6.54 Å². The Morgan fingerprint density at radius 2 is 1.82 bits per heavy atom. The molecule has 0 bridgehead atoms. The second-order valence-corrected chi connectivity index (χ2v) is 7.30. The van der Waals surface area contributed by atoms with E-state index < -0.39 is 0 Å². The van der Waals surface area contributed by atoms with Gasteiger partial charge in [0, 0.05) is 18.2 Å². The average molecular weight is 383 g/mol. The molecule has 1 heterocycles. The van der Waals surface area contributed by atoms with Crippen molar-refractivity contribution in [2.24, 2.45) is 0 Å². The van der Waals surface area contributed by atoms with Crippen molar-refractivity contribution in [1.29, 1.82) is 0 Å². The number of carbonyl (C=O) groups is 2. The number of rotatable bonds is 10. The molecule has 28 heavy (non-hydrogen) atoms. The molecule has 0 radical (unpaired) electrons. The number of hydrogen-bond acceptors (Lipinski definition) is 4. The van der Waals surface area contributed by atoms with Gasteiger partial charge in [-0.3, -0.25) is 9.59 Å². The van der Waals surface area contributed by atoms with Crippen LogP contribution in [0.25, 0.3) is 5.69 Å². The molecule has 1 aliphatic rings. The highest BCUT2D eigenvalue weighted by Gasteiger charge is 2.27. The first kappa shape index (κ1) is 20.0. The van der Waals surface area contributed by atoms with E-state index in [2.05, 4.69) is 34.8 Å². The Morgan fingerprint density at radius 3 is 2.46 bits per heavy atom. The fourth-order valence-electron chi connectivity index (χ4n) is 3.06. The second-order valence-electron chi connectivity index (χ2n) is 7.30. The predicted octanol–water partition coefficient (Wildman–Crippen LogP) is 3.03. The third-order valence-electron chi connectivity index (χ3n) is 4.82. The van der Waals surface area contributed by atoms with Gasteiger partial charge >= 0.3 is 0 Å². The molecule has 0 atom stereocenters. The molecule has 2 aromatic rings. The van der Waals surface area contributed by atoms with Crippen molar-refractivity contribution in [2.45, 2.75) is 64.8 Å². The lowest BCUT2D eigenvalue weighted by molar-refractivity contribution is 0.0940. The Labute approximate surface area is 165 Å². The minimum Gasteiger partial charge on any atom is -0.352 e. The summed E-state index contributed by atoms with van der Waals surface area (Å²) >= 11 is 0. The monoisotopic (exact) mass is 383 g/mol. The largest absolute Gasteiger partial charge is 0.352 e. The van der Waals surface area contributed by atoms with Gasteiger partial charge in [0.2, 0.25) is 0 Å². The Bertz CT molecular complexity index is 809. The fourth-order valence-corrected chi connectivity index (χ4v) is 3.06. The Hall–Kier alpha value is -2.70. The molecule has 3 rings (SSSR count). The van der Waals surface area contributed by atoms with Gasteiger partial charge in [0.15, 0.2) is 5.69 Å². The third-order valence-corrected chi connectivity index (χ3v) is 4.82. The van der Waals surface area contributed by atoms with E-state index in [1.807, 2.05) is 12.1 Å². The van der Waals surface area contributed by atoms with E-state index in [0.717, 1.165) is 49.9 Å². The number of aromatic nitrogens is 3. The van der Waals surface area contributed by atoms with Crippen LogP contribution in [0.1, 0.15) is 78.9 Å². The van der Waals surface area contributed by atoms with Gasteiger partial charge in [0.25, 0.3) is 11.8 Å². The third kappa shape index (κ3) is 4.97. The average Bonchev–Trinajstić information content (AvgIpc) is 3.42. The maximum absolute atomic E-state index is 12.4. The normalized spacial score (nSPS) is 13.4. The van der Waals surface area contributed by atoms with E-state index in [1.165, 1.54) is 0 Å². The van der Waals surface area contributed by atoms with Crippen LogP contribution in [0.5, 0.6) is 0 Å². The van der Waals surface area contributed by atoms with Crippen LogP contribution in [0.15, 0.2) is 24.3 Å². The summed E-state index contributed by atoms with van der Waals surface area (Å²) in [5.41, 5.74) is 2.61. The summed E-state index contributed by atoms with van der Waals surface area (Å²) in [6.45, 7) is 4.89. The minimum atomic E-state index is -0.153. The van der Waals surface area contributed by atoms with Crippen molar-refractivity contribution in [3.05, 3.63) is 41.2 Å². The van der Waals surface area contributed by atoms with Crippen LogP contribution in [-0.2, 0) is 6.42 Å². The van der Waals surface area contributed by atoms with Gasteiger partial charge in [0.1, 0.15) is 0 Å². The topological polar surface area (TPSA) is 88.9 Å². The molecular weight excluding hydrogens is 354 g/mol. The molecule has 1 saturated carbocycles. The molecular formula is C21H29N5O2. The summed E-state index contributed by atoms with van der Waals surface area (Å²) in [4.78, 5) is 24.7. The van der Waals surface area contributed by atoms with Crippen LogP contribution in [0.3, 0.4) is 0 Å². The SMILES string of the molecule is CCCCCNC(=O)c1ccc(-n2nnc(C(=O)NC3CC3)c2CCC)cc1. The zero-order valence-corrected chi connectivity index (χ0v) is 16.7. The van der Waals surface area contributed by atoms with E-state index >= 15 is 0 Å². The number of nitrogens with one attached hydrogen (secondary N) is 2. The number of benzene rings is 1. The zero-order chi connectivity index (χ0) is 19.9. The standard InChI is InChI=1S/C21H29N5O2/c1-3-5-6-14-22-20(27)15-8-12-17(13-9-15)26-18(7-4-2)19(24-25-26)21(28)23-16-10-11-16/h8-9,12-13,16H,3-7,10-11,14H2,1-2H3,(H,22,27)(H,23,28). The summed E-state index contributed by atoms with van der Waals surface area (Å²) in [7, 11) is 0. The molecule has 1 fully saturated rings. The molecule has 150 valence electrons. The van der Waals surface area contributed by atoms with Gasteiger partial charge in [-0.05, 0) is 49.9 Å². The molecule has 0 spiro atoms. The molecule has 0 aliphatic heterocycles. The quantitative estimate of drug-likeness (QED) is 0.617. The van der Waals surface area contributed by atoms with E-state index in [-0.39, 0.29) is 17.9 Å². The summed E-state index contributed by atoms with van der Waals surface area (Å²) < 4.78 is 1.70. The maximum Gasteiger partial charge on any atom is 0.273 e. The van der Waals surface area contributed by atoms with Gasteiger partial charge in [-0.1, -0.05) is 38.3 Å². The Morgan fingerprint density at radius 1 is 1.07 bits per heavy atom. The minimum absolute atomic E-state index is 0.0699. The van der Waals surface area contributed by atoms with Gasteiger partial charge in [-0.15, -0.1) is 5.10 Å². The molecule has 0 unspecified atom stereocenters. The first-order valence-corrected chi connectivity index (χ1v) is 10.3. The Kier molecular flexibility index (Phi) is 6.79. The van der Waals surface area contributed by atoms with Crippen molar-refractivity contribution < 1.29 is 9.59 Å². The van der Waals surface area contributed by atoms with E-state index in [0.29, 0.717) is 24.2 Å². The molecule has 7 heteroatoms. The molecule has 2 N–H and O–H groups in total. The summed E-state index contributed by atoms with van der Waals surface area (Å²) in [5.74, 6) is -0.222. The van der Waals surface area contributed by atoms with Gasteiger partial charge in [0.05, 0.1) is 11.4 Å². The molecule has 1 aliphatic carbocycles. The van der Waals surface area contributed by atoms with Crippen LogP contribution in [0.2, 0.25) is 0 Å². The van der Waals surface area contributed by atoms with E-state index in [4.69, 9.17) is 0 Å². The highest BCUT2D eigenvalue weighted by atomic mass is 16.2. The molecule has 1 aromatic carbocycles. The number of nitrogens with zero attached hydrogens (tertiary/aromatic N) is 3. The van der Waals surface area contributed by atoms with Crippen LogP contribution in [-0.4, -0.2) is 39.4 Å². The number of amides is 2. The lowest BCUT2D eigenvalue weighted by Crippen LogP contribution is -2.27. The van der Waals surface area contributed by atoms with Crippen molar-refractivity contribution in [3.8, 4) is 5.69 Å². The van der Waals surface area contributed by atoms with Gasteiger partial charge in [-0.25, -0.2) is 4.68 Å². The number of carbonyl (C=O) groups excluding carboxylic acids is 2. The summed E-state index contributed by atoms with van der Waals surface area (Å²) in [5, 5.41) is 14.3. The van der Waals surface area contributed by atoms with Crippen molar-refractivity contribution in [3.63, 3.8) is 0 Å². The molecule has 2 amide bonds. The predicted molar refractivity (Wildman–Crippen MR) is 108 cm³/mol. The van der Waals surface area contributed by atoms with E-state index in [1.54, 1.807) is 16.8 Å². The first-order chi connectivity index (χ1) is 13.6. The number of unbranched alkanes of at least 4 members (excludes halogenated alkanes) is 2. The highest BCUT2D eigenvalue weighted by Crippen LogP contribution is 2.21. The maximum atomic E-state index is 12.4. The van der Waals surface area contributed by atoms with Crippen LogP contribution in [0.4, 0.5) is 0 Å². The molecule has 0 saturated heterocycles. The summed E-state index contributed by atoms with van der Waals surface area (Å²) in [6, 6.07) is 7.54. The lowest BCUT2D eigenvalue weighted by atomic mass is 10.1. The second kappa shape index (κ2) is 9.48. The van der Waals surface area contributed by atoms with Crippen LogP contribution in [0, 0.1) is 0 Å². The van der Waals surface area contributed by atoms with Gasteiger partial charge in [-0.2, -0.15) is 0 Å². The van der Waals surface area contributed by atoms with Crippen molar-refractivity contribution >= 4 is 11.8 Å². The molecule has 7 nitrogen and oxygen atoms in total. The summed E-state index contributed by atoms with van der Waals surface area (Å²) in [6.07, 6.45) is 6.89. The smallest absolute Gasteiger partial charge is 0.273 e. The zero-order valence-electron chi connectivity index (χ0n) is 16.7. The van der Waals surface area contributed by atoms with E-state index in [9.17, 15) is 9.59 Å². The van der Waals surface area contributed by atoms with Gasteiger partial charge < -0.3 is 10.6 Å².